The zero-order valence-electron chi connectivity index (χ0n) is 12.7. The fraction of sp³-hybridized carbons (Fsp3) is 0.562. The van der Waals surface area contributed by atoms with Crippen molar-refractivity contribution in [2.24, 2.45) is 5.73 Å². The molecule has 3 nitrogen and oxygen atoms in total. The molecule has 5 heteroatoms. The lowest BCUT2D eigenvalue weighted by Gasteiger charge is -2.20. The summed E-state index contributed by atoms with van der Waals surface area (Å²) in [6, 6.07) is 5.02. The third-order valence-corrected chi connectivity index (χ3v) is 6.11. The number of thiazole rings is 1. The van der Waals surface area contributed by atoms with Crippen LogP contribution in [0, 0.1) is 0 Å². The Kier molecular flexibility index (Phi) is 4.62. The molecule has 2 aromatic heterocycles. The van der Waals surface area contributed by atoms with Crippen molar-refractivity contribution in [3.05, 3.63) is 33.0 Å². The molecular weight excluding hydrogens is 298 g/mol. The van der Waals surface area contributed by atoms with Crippen LogP contribution in [0.15, 0.2) is 17.5 Å². The molecule has 2 N–H and O–H groups in total. The van der Waals surface area contributed by atoms with Gasteiger partial charge in [-0.25, -0.2) is 4.98 Å². The Morgan fingerprint density at radius 3 is 2.86 bits per heavy atom. The second-order valence-electron chi connectivity index (χ2n) is 5.76. The van der Waals surface area contributed by atoms with Crippen molar-refractivity contribution in [2.45, 2.75) is 58.2 Å². The molecule has 0 aliphatic heterocycles. The zero-order valence-corrected chi connectivity index (χ0v) is 14.3. The molecule has 0 amide bonds. The predicted octanol–water partition coefficient (Wildman–Crippen LogP) is 4.35. The summed E-state index contributed by atoms with van der Waals surface area (Å²) in [5, 5.41) is 3.32. The molecule has 2 heterocycles. The largest absolute Gasteiger partial charge is 0.340 e. The van der Waals surface area contributed by atoms with Crippen molar-refractivity contribution in [2.75, 3.05) is 4.90 Å². The van der Waals surface area contributed by atoms with Gasteiger partial charge in [0, 0.05) is 22.3 Å². The highest BCUT2D eigenvalue weighted by Gasteiger charge is 2.32. The summed E-state index contributed by atoms with van der Waals surface area (Å²) in [6.45, 7) is 6.06. The van der Waals surface area contributed by atoms with Gasteiger partial charge in [0.05, 0.1) is 12.2 Å². The summed E-state index contributed by atoms with van der Waals surface area (Å²) in [5.41, 5.74) is 7.16. The van der Waals surface area contributed by atoms with E-state index >= 15 is 0 Å². The number of anilines is 1. The normalized spacial score (nSPS) is 16.1. The van der Waals surface area contributed by atoms with Gasteiger partial charge in [0.2, 0.25) is 0 Å². The summed E-state index contributed by atoms with van der Waals surface area (Å²) >= 11 is 3.63. The third kappa shape index (κ3) is 3.30. The molecule has 1 aliphatic carbocycles. The number of hydrogen-bond donors (Lipinski definition) is 1. The van der Waals surface area contributed by atoms with Crippen LogP contribution in [0.5, 0.6) is 0 Å². The Morgan fingerprint density at radius 2 is 2.29 bits per heavy atom. The zero-order chi connectivity index (χ0) is 14.8. The van der Waals surface area contributed by atoms with Crippen molar-refractivity contribution in [3.8, 4) is 0 Å². The molecule has 1 unspecified atom stereocenters. The summed E-state index contributed by atoms with van der Waals surface area (Å²) in [4.78, 5) is 10.1. The topological polar surface area (TPSA) is 42.2 Å². The minimum atomic E-state index is 0.497. The van der Waals surface area contributed by atoms with E-state index in [0.29, 0.717) is 18.5 Å². The van der Waals surface area contributed by atoms with E-state index in [4.69, 9.17) is 10.7 Å². The van der Waals surface area contributed by atoms with E-state index in [1.807, 2.05) is 11.3 Å². The van der Waals surface area contributed by atoms with Crippen molar-refractivity contribution in [1.82, 2.24) is 4.98 Å². The van der Waals surface area contributed by atoms with E-state index in [1.54, 1.807) is 11.3 Å². The van der Waals surface area contributed by atoms with Gasteiger partial charge in [-0.05, 0) is 36.6 Å². The minimum Gasteiger partial charge on any atom is -0.340 e. The first kappa shape index (κ1) is 15.0. The number of nitrogens with zero attached hydrogens (tertiary/aromatic N) is 2. The lowest BCUT2D eigenvalue weighted by molar-refractivity contribution is 0.698. The fourth-order valence-corrected chi connectivity index (χ4v) is 4.34. The molecule has 21 heavy (non-hydrogen) atoms. The molecule has 0 aromatic carbocycles. The van der Waals surface area contributed by atoms with Gasteiger partial charge in [-0.1, -0.05) is 19.9 Å². The highest BCUT2D eigenvalue weighted by molar-refractivity contribution is 7.15. The van der Waals surface area contributed by atoms with E-state index in [0.717, 1.165) is 13.0 Å². The third-order valence-electron chi connectivity index (χ3n) is 4.12. The van der Waals surface area contributed by atoms with Gasteiger partial charge in [-0.2, -0.15) is 0 Å². The van der Waals surface area contributed by atoms with Gasteiger partial charge in [0.1, 0.15) is 0 Å². The highest BCUT2D eigenvalue weighted by atomic mass is 32.1. The second-order valence-corrected chi connectivity index (χ2v) is 7.85. The molecule has 0 saturated heterocycles. The maximum absolute atomic E-state index is 5.94. The number of hydrogen-bond acceptors (Lipinski definition) is 5. The standard InChI is InChI=1S/C16H23N3S2/c1-3-11(2)15-14(9-17)21-16(18-15)19(12-6-7-12)10-13-5-4-8-20-13/h4-5,8,11-12H,3,6-7,9-10,17H2,1-2H3. The summed E-state index contributed by atoms with van der Waals surface area (Å²) < 4.78 is 0. The molecule has 0 radical (unpaired) electrons. The molecule has 1 fully saturated rings. The molecule has 1 atom stereocenters. The molecule has 114 valence electrons. The van der Waals surface area contributed by atoms with Crippen LogP contribution in [-0.4, -0.2) is 11.0 Å². The first-order valence-electron chi connectivity index (χ1n) is 7.71. The molecule has 0 bridgehead atoms. The lowest BCUT2D eigenvalue weighted by atomic mass is 10.0. The van der Waals surface area contributed by atoms with Crippen LogP contribution in [0.1, 0.15) is 54.5 Å². The van der Waals surface area contributed by atoms with Gasteiger partial charge in [0.25, 0.3) is 0 Å². The monoisotopic (exact) mass is 321 g/mol. The average Bonchev–Trinajstić information content (AvgIpc) is 3.04. The molecule has 1 aliphatic rings. The van der Waals surface area contributed by atoms with Crippen LogP contribution in [0.3, 0.4) is 0 Å². The average molecular weight is 322 g/mol. The van der Waals surface area contributed by atoms with E-state index in [2.05, 4.69) is 36.3 Å². The van der Waals surface area contributed by atoms with Crippen LogP contribution in [-0.2, 0) is 13.1 Å². The fourth-order valence-electron chi connectivity index (χ4n) is 2.51. The van der Waals surface area contributed by atoms with Crippen LogP contribution in [0.2, 0.25) is 0 Å². The number of nitrogens with two attached hydrogens (primary N) is 1. The van der Waals surface area contributed by atoms with Crippen molar-refractivity contribution >= 4 is 27.8 Å². The molecule has 0 spiro atoms. The van der Waals surface area contributed by atoms with Gasteiger partial charge in [-0.3, -0.25) is 0 Å². The number of aromatic nitrogens is 1. The second kappa shape index (κ2) is 6.46. The Morgan fingerprint density at radius 1 is 1.48 bits per heavy atom. The quantitative estimate of drug-likeness (QED) is 0.824. The SMILES string of the molecule is CCC(C)c1nc(N(Cc2cccs2)C2CC2)sc1CN. The van der Waals surface area contributed by atoms with Gasteiger partial charge < -0.3 is 10.6 Å². The summed E-state index contributed by atoms with van der Waals surface area (Å²) in [6.07, 6.45) is 3.70. The van der Waals surface area contributed by atoms with E-state index in [-0.39, 0.29) is 0 Å². The molecule has 3 rings (SSSR count). The van der Waals surface area contributed by atoms with Crippen LogP contribution in [0.25, 0.3) is 0 Å². The number of rotatable bonds is 7. The maximum atomic E-state index is 5.94. The van der Waals surface area contributed by atoms with E-state index in [1.165, 1.54) is 33.4 Å². The first-order valence-corrected chi connectivity index (χ1v) is 9.41. The molecule has 1 saturated carbocycles. The van der Waals surface area contributed by atoms with Gasteiger partial charge >= 0.3 is 0 Å². The minimum absolute atomic E-state index is 0.497. The predicted molar refractivity (Wildman–Crippen MR) is 92.2 cm³/mol. The van der Waals surface area contributed by atoms with E-state index in [9.17, 15) is 0 Å². The lowest BCUT2D eigenvalue weighted by Crippen LogP contribution is -2.24. The van der Waals surface area contributed by atoms with Crippen LogP contribution in [0.4, 0.5) is 5.13 Å². The summed E-state index contributed by atoms with van der Waals surface area (Å²) in [5.74, 6) is 0.497. The van der Waals surface area contributed by atoms with Crippen LogP contribution >= 0.6 is 22.7 Å². The number of thiophene rings is 1. The Hall–Kier alpha value is -0.910. The molecule has 2 aromatic rings. The maximum Gasteiger partial charge on any atom is 0.186 e. The first-order chi connectivity index (χ1) is 10.2. The van der Waals surface area contributed by atoms with E-state index < -0.39 is 0 Å². The highest BCUT2D eigenvalue weighted by Crippen LogP contribution is 2.38. The Labute approximate surface area is 134 Å². The van der Waals surface area contributed by atoms with Crippen molar-refractivity contribution in [3.63, 3.8) is 0 Å². The van der Waals surface area contributed by atoms with Crippen LogP contribution < -0.4 is 10.6 Å². The van der Waals surface area contributed by atoms with Gasteiger partial charge in [0.15, 0.2) is 5.13 Å². The van der Waals surface area contributed by atoms with Crippen molar-refractivity contribution in [1.29, 1.82) is 0 Å². The van der Waals surface area contributed by atoms with Crippen molar-refractivity contribution < 1.29 is 0 Å². The smallest absolute Gasteiger partial charge is 0.186 e. The Balaban J connectivity index is 1.87. The Bertz CT molecular complexity index is 572. The molecular formula is C16H23N3S2. The van der Waals surface area contributed by atoms with Gasteiger partial charge in [-0.15, -0.1) is 22.7 Å². The summed E-state index contributed by atoms with van der Waals surface area (Å²) in [7, 11) is 0.